The van der Waals surface area contributed by atoms with Gasteiger partial charge in [-0.2, -0.15) is 0 Å². The first kappa shape index (κ1) is 10.7. The number of hydrogen-bond acceptors (Lipinski definition) is 3. The summed E-state index contributed by atoms with van der Waals surface area (Å²) in [6.45, 7) is 5.52. The quantitative estimate of drug-likeness (QED) is 0.647. The number of nitrogens with one attached hydrogen (secondary N) is 1. The molecule has 3 heteroatoms. The van der Waals surface area contributed by atoms with Gasteiger partial charge in [0.05, 0.1) is 19.3 Å². The van der Waals surface area contributed by atoms with Gasteiger partial charge in [-0.1, -0.05) is 6.08 Å². The van der Waals surface area contributed by atoms with E-state index < -0.39 is 0 Å². The smallest absolute Gasteiger partial charge is 0.0784 e. The van der Waals surface area contributed by atoms with Crippen molar-refractivity contribution in [2.75, 3.05) is 33.4 Å². The molecule has 0 amide bonds. The summed E-state index contributed by atoms with van der Waals surface area (Å²) in [7, 11) is 1.70. The highest BCUT2D eigenvalue weighted by atomic mass is 16.5. The van der Waals surface area contributed by atoms with E-state index in [1.54, 1.807) is 7.11 Å². The van der Waals surface area contributed by atoms with Crippen molar-refractivity contribution in [2.45, 2.75) is 19.4 Å². The maximum atomic E-state index is 5.60. The van der Waals surface area contributed by atoms with Crippen molar-refractivity contribution in [3.8, 4) is 0 Å². The van der Waals surface area contributed by atoms with Crippen LogP contribution < -0.4 is 5.32 Å². The Morgan fingerprint density at radius 3 is 3.08 bits per heavy atom. The van der Waals surface area contributed by atoms with Crippen LogP contribution in [-0.4, -0.2) is 39.5 Å². The molecule has 0 aromatic heterocycles. The Balaban J connectivity index is 2.13. The molecule has 0 aliphatic carbocycles. The summed E-state index contributed by atoms with van der Waals surface area (Å²) in [6, 6.07) is 0. The molecule has 0 saturated heterocycles. The average molecular weight is 185 g/mol. The van der Waals surface area contributed by atoms with Crippen molar-refractivity contribution in [3.05, 3.63) is 11.6 Å². The van der Waals surface area contributed by atoms with Crippen molar-refractivity contribution in [1.29, 1.82) is 0 Å². The maximum Gasteiger partial charge on any atom is 0.0784 e. The van der Waals surface area contributed by atoms with Crippen LogP contribution in [0.15, 0.2) is 11.6 Å². The van der Waals surface area contributed by atoms with Crippen LogP contribution in [-0.2, 0) is 9.47 Å². The Morgan fingerprint density at radius 1 is 1.62 bits per heavy atom. The van der Waals surface area contributed by atoms with Crippen LogP contribution in [0, 0.1) is 0 Å². The number of ether oxygens (including phenoxy) is 2. The molecule has 76 valence electrons. The highest BCUT2D eigenvalue weighted by Crippen LogP contribution is 2.06. The Morgan fingerprint density at radius 2 is 2.46 bits per heavy atom. The molecule has 1 aliphatic heterocycles. The molecule has 1 aliphatic rings. The van der Waals surface area contributed by atoms with E-state index in [9.17, 15) is 0 Å². The lowest BCUT2D eigenvalue weighted by atomic mass is 10.1. The molecule has 1 heterocycles. The summed E-state index contributed by atoms with van der Waals surface area (Å²) in [5.74, 6) is 0. The Hall–Kier alpha value is -0.380. The van der Waals surface area contributed by atoms with E-state index >= 15 is 0 Å². The molecule has 0 radical (unpaired) electrons. The van der Waals surface area contributed by atoms with Gasteiger partial charge in [0, 0.05) is 13.7 Å². The minimum Gasteiger partial charge on any atom is -0.382 e. The van der Waals surface area contributed by atoms with Gasteiger partial charge in [0.15, 0.2) is 0 Å². The number of methoxy groups -OCH3 is 1. The lowest BCUT2D eigenvalue weighted by Gasteiger charge is -2.17. The Kier molecular flexibility index (Phi) is 5.05. The highest BCUT2D eigenvalue weighted by Gasteiger charge is 2.05. The molecule has 3 nitrogen and oxygen atoms in total. The average Bonchev–Trinajstić information content (AvgIpc) is 2.17. The Labute approximate surface area is 80.1 Å². The van der Waals surface area contributed by atoms with Crippen molar-refractivity contribution in [2.24, 2.45) is 0 Å². The summed E-state index contributed by atoms with van der Waals surface area (Å²) in [4.78, 5) is 0. The van der Waals surface area contributed by atoms with Gasteiger partial charge >= 0.3 is 0 Å². The van der Waals surface area contributed by atoms with Gasteiger partial charge in [0.25, 0.3) is 0 Å². The molecule has 0 aromatic rings. The second-order valence-corrected chi connectivity index (χ2v) is 3.39. The molecule has 0 saturated carbocycles. The fraction of sp³-hybridized carbons (Fsp3) is 0.800. The summed E-state index contributed by atoms with van der Waals surface area (Å²) in [6.07, 6.45) is 3.52. The third kappa shape index (κ3) is 4.41. The largest absolute Gasteiger partial charge is 0.382 e. The molecular weight excluding hydrogens is 166 g/mol. The topological polar surface area (TPSA) is 30.5 Å². The summed E-state index contributed by atoms with van der Waals surface area (Å²) in [5, 5.41) is 3.27. The summed E-state index contributed by atoms with van der Waals surface area (Å²) in [5.41, 5.74) is 1.40. The van der Waals surface area contributed by atoms with Crippen molar-refractivity contribution in [3.63, 3.8) is 0 Å². The standard InChI is InChI=1S/C10H19NO2/c1-9(7-12-2)13-8-10-3-5-11-6-4-10/h3,9,11H,4-8H2,1-2H3. The second kappa shape index (κ2) is 6.13. The number of rotatable bonds is 5. The Bertz CT molecular complexity index is 168. The van der Waals surface area contributed by atoms with Crippen molar-refractivity contribution in [1.82, 2.24) is 5.32 Å². The molecule has 1 rings (SSSR count). The monoisotopic (exact) mass is 185 g/mol. The molecule has 1 atom stereocenters. The van der Waals surface area contributed by atoms with Gasteiger partial charge in [-0.05, 0) is 25.5 Å². The zero-order valence-electron chi connectivity index (χ0n) is 8.51. The zero-order chi connectivity index (χ0) is 9.52. The molecule has 1 unspecified atom stereocenters. The van der Waals surface area contributed by atoms with Crippen molar-refractivity contribution >= 4 is 0 Å². The zero-order valence-corrected chi connectivity index (χ0v) is 8.51. The van der Waals surface area contributed by atoms with E-state index in [1.807, 2.05) is 6.92 Å². The second-order valence-electron chi connectivity index (χ2n) is 3.39. The van der Waals surface area contributed by atoms with E-state index in [0.717, 1.165) is 26.1 Å². The molecule has 0 bridgehead atoms. The van der Waals surface area contributed by atoms with Gasteiger partial charge in [0.2, 0.25) is 0 Å². The van der Waals surface area contributed by atoms with Crippen LogP contribution in [0.3, 0.4) is 0 Å². The third-order valence-electron chi connectivity index (χ3n) is 2.11. The molecule has 0 fully saturated rings. The summed E-state index contributed by atoms with van der Waals surface area (Å²) < 4.78 is 10.6. The van der Waals surface area contributed by atoms with Crippen LogP contribution in [0.2, 0.25) is 0 Å². The SMILES string of the molecule is COCC(C)OCC1=CCNCC1. The van der Waals surface area contributed by atoms with E-state index in [-0.39, 0.29) is 6.10 Å². The molecule has 0 spiro atoms. The van der Waals surface area contributed by atoms with E-state index in [1.165, 1.54) is 5.57 Å². The fourth-order valence-electron chi connectivity index (χ4n) is 1.33. The van der Waals surface area contributed by atoms with Gasteiger partial charge in [-0.3, -0.25) is 0 Å². The van der Waals surface area contributed by atoms with E-state index in [2.05, 4.69) is 11.4 Å². The normalized spacial score (nSPS) is 19.7. The fourth-order valence-corrected chi connectivity index (χ4v) is 1.33. The first-order chi connectivity index (χ1) is 6.33. The van der Waals surface area contributed by atoms with Gasteiger partial charge in [-0.15, -0.1) is 0 Å². The van der Waals surface area contributed by atoms with Gasteiger partial charge in [-0.25, -0.2) is 0 Å². The first-order valence-electron chi connectivity index (χ1n) is 4.82. The lowest BCUT2D eigenvalue weighted by molar-refractivity contribution is 0.0189. The van der Waals surface area contributed by atoms with Crippen LogP contribution >= 0.6 is 0 Å². The maximum absolute atomic E-state index is 5.60. The van der Waals surface area contributed by atoms with Crippen LogP contribution in [0.4, 0.5) is 0 Å². The van der Waals surface area contributed by atoms with Crippen LogP contribution in [0.25, 0.3) is 0 Å². The van der Waals surface area contributed by atoms with E-state index in [4.69, 9.17) is 9.47 Å². The minimum atomic E-state index is 0.195. The summed E-state index contributed by atoms with van der Waals surface area (Å²) >= 11 is 0. The molecular formula is C10H19NO2. The number of hydrogen-bond donors (Lipinski definition) is 1. The molecule has 13 heavy (non-hydrogen) atoms. The van der Waals surface area contributed by atoms with E-state index in [0.29, 0.717) is 6.61 Å². The van der Waals surface area contributed by atoms with Crippen molar-refractivity contribution < 1.29 is 9.47 Å². The molecule has 0 aromatic carbocycles. The van der Waals surface area contributed by atoms with Crippen LogP contribution in [0.1, 0.15) is 13.3 Å². The van der Waals surface area contributed by atoms with Gasteiger partial charge < -0.3 is 14.8 Å². The molecule has 1 N–H and O–H groups in total. The highest BCUT2D eigenvalue weighted by molar-refractivity contribution is 5.07. The van der Waals surface area contributed by atoms with Gasteiger partial charge in [0.1, 0.15) is 0 Å². The lowest BCUT2D eigenvalue weighted by Crippen LogP contribution is -2.23. The predicted octanol–water partition coefficient (Wildman–Crippen LogP) is 0.958. The van der Waals surface area contributed by atoms with Crippen LogP contribution in [0.5, 0.6) is 0 Å². The minimum absolute atomic E-state index is 0.195. The third-order valence-corrected chi connectivity index (χ3v) is 2.11. The first-order valence-corrected chi connectivity index (χ1v) is 4.82. The predicted molar refractivity (Wildman–Crippen MR) is 52.9 cm³/mol.